The van der Waals surface area contributed by atoms with E-state index in [1.807, 2.05) is 0 Å². The topological polar surface area (TPSA) is 46.3 Å². The van der Waals surface area contributed by atoms with Gasteiger partial charge in [-0.25, -0.2) is 0 Å². The van der Waals surface area contributed by atoms with Crippen molar-refractivity contribution in [3.8, 4) is 0 Å². The second-order valence-electron chi connectivity index (χ2n) is 6.47. The van der Waals surface area contributed by atoms with E-state index in [1.54, 1.807) is 0 Å². The van der Waals surface area contributed by atoms with Gasteiger partial charge >= 0.3 is 0 Å². The summed E-state index contributed by atoms with van der Waals surface area (Å²) in [5.74, 6) is 2.45. The van der Waals surface area contributed by atoms with E-state index in [1.165, 1.54) is 0 Å². The Morgan fingerprint density at radius 2 is 1.65 bits per heavy atom. The second-order valence-corrected chi connectivity index (χ2v) is 6.47. The van der Waals surface area contributed by atoms with E-state index in [-0.39, 0.29) is 12.0 Å². The molecule has 3 nitrogen and oxygen atoms in total. The summed E-state index contributed by atoms with van der Waals surface area (Å²) in [6, 6.07) is 0.227. The summed E-state index contributed by atoms with van der Waals surface area (Å²) in [6.07, 6.45) is 3.00. The maximum absolute atomic E-state index is 12.5. The quantitative estimate of drug-likeness (QED) is 0.758. The molecule has 2 N–H and O–H groups in total. The van der Waals surface area contributed by atoms with Crippen LogP contribution in [0.5, 0.6) is 0 Å². The lowest BCUT2D eigenvalue weighted by Crippen LogP contribution is -2.41. The molecule has 5 atom stereocenters. The summed E-state index contributed by atoms with van der Waals surface area (Å²) in [7, 11) is 0. The predicted molar refractivity (Wildman–Crippen MR) is 69.4 cm³/mol. The fourth-order valence-electron chi connectivity index (χ4n) is 3.43. The van der Waals surface area contributed by atoms with Gasteiger partial charge in [0.15, 0.2) is 0 Å². The van der Waals surface area contributed by atoms with Crippen molar-refractivity contribution in [1.82, 2.24) is 4.90 Å². The summed E-state index contributed by atoms with van der Waals surface area (Å²) in [5.41, 5.74) is 6.04. The highest BCUT2D eigenvalue weighted by Gasteiger charge is 2.36. The van der Waals surface area contributed by atoms with Gasteiger partial charge in [0.1, 0.15) is 0 Å². The zero-order chi connectivity index (χ0) is 12.6. The van der Waals surface area contributed by atoms with E-state index in [0.29, 0.717) is 23.7 Å². The first kappa shape index (κ1) is 12.9. The Morgan fingerprint density at radius 3 is 2.18 bits per heavy atom. The summed E-state index contributed by atoms with van der Waals surface area (Å²) >= 11 is 0. The number of carbonyl (C=O) groups excluding carboxylic acids is 1. The summed E-state index contributed by atoms with van der Waals surface area (Å²) in [4.78, 5) is 14.5. The summed E-state index contributed by atoms with van der Waals surface area (Å²) in [6.45, 7) is 8.59. The van der Waals surface area contributed by atoms with E-state index < -0.39 is 0 Å². The summed E-state index contributed by atoms with van der Waals surface area (Å²) < 4.78 is 0. The number of carbonyl (C=O) groups is 1. The number of nitrogens with two attached hydrogens (primary N) is 1. The van der Waals surface area contributed by atoms with Gasteiger partial charge in [-0.2, -0.15) is 0 Å². The minimum absolute atomic E-state index is 0.186. The molecule has 98 valence electrons. The maximum atomic E-state index is 12.5. The molecule has 5 unspecified atom stereocenters. The second kappa shape index (κ2) is 4.97. The van der Waals surface area contributed by atoms with Crippen LogP contribution < -0.4 is 5.73 Å². The van der Waals surface area contributed by atoms with Crippen LogP contribution >= 0.6 is 0 Å². The summed E-state index contributed by atoms with van der Waals surface area (Å²) in [5, 5.41) is 0. The third-order valence-corrected chi connectivity index (χ3v) is 4.63. The molecule has 0 bridgehead atoms. The molecule has 0 spiro atoms. The zero-order valence-corrected chi connectivity index (χ0v) is 11.4. The highest BCUT2D eigenvalue weighted by atomic mass is 16.2. The molecule has 2 aliphatic rings. The first-order chi connectivity index (χ1) is 7.97. The lowest BCUT2D eigenvalue weighted by atomic mass is 9.79. The van der Waals surface area contributed by atoms with E-state index in [4.69, 9.17) is 5.73 Å². The van der Waals surface area contributed by atoms with Crippen molar-refractivity contribution < 1.29 is 4.79 Å². The predicted octanol–water partition coefficient (Wildman–Crippen LogP) is 1.86. The molecule has 0 radical (unpaired) electrons. The molecule has 1 aliphatic carbocycles. The van der Waals surface area contributed by atoms with Gasteiger partial charge in [0.2, 0.25) is 5.91 Å². The number of likely N-dealkylation sites (tertiary alicyclic amines) is 1. The number of rotatable bonds is 1. The SMILES string of the molecule is CC1CC(N)CC(C(=O)N2CC(C)C(C)C2)C1. The van der Waals surface area contributed by atoms with Crippen molar-refractivity contribution in [1.29, 1.82) is 0 Å². The van der Waals surface area contributed by atoms with E-state index in [0.717, 1.165) is 32.4 Å². The smallest absolute Gasteiger partial charge is 0.225 e. The lowest BCUT2D eigenvalue weighted by molar-refractivity contribution is -0.136. The molecule has 1 saturated heterocycles. The molecular formula is C14H26N2O. The van der Waals surface area contributed by atoms with Crippen LogP contribution in [0.3, 0.4) is 0 Å². The molecule has 3 heteroatoms. The van der Waals surface area contributed by atoms with Gasteiger partial charge in [0.05, 0.1) is 0 Å². The monoisotopic (exact) mass is 238 g/mol. The number of hydrogen-bond donors (Lipinski definition) is 1. The van der Waals surface area contributed by atoms with Gasteiger partial charge in [-0.15, -0.1) is 0 Å². The van der Waals surface area contributed by atoms with Gasteiger partial charge in [0, 0.05) is 25.0 Å². The maximum Gasteiger partial charge on any atom is 0.225 e. The number of amides is 1. The molecule has 2 fully saturated rings. The van der Waals surface area contributed by atoms with Crippen molar-refractivity contribution in [3.05, 3.63) is 0 Å². The number of nitrogens with zero attached hydrogens (tertiary/aromatic N) is 1. The largest absolute Gasteiger partial charge is 0.342 e. The normalized spacial score (nSPS) is 42.8. The minimum Gasteiger partial charge on any atom is -0.342 e. The van der Waals surface area contributed by atoms with Crippen molar-refractivity contribution in [3.63, 3.8) is 0 Å². The van der Waals surface area contributed by atoms with Gasteiger partial charge < -0.3 is 10.6 Å². The standard InChI is InChI=1S/C14H26N2O/c1-9-4-12(6-13(15)5-9)14(17)16-7-10(2)11(3)8-16/h9-13H,4-8,15H2,1-3H3. The van der Waals surface area contributed by atoms with Crippen LogP contribution in [-0.2, 0) is 4.79 Å². The first-order valence-electron chi connectivity index (χ1n) is 7.01. The van der Waals surface area contributed by atoms with Crippen molar-refractivity contribution in [2.24, 2.45) is 29.4 Å². The Morgan fingerprint density at radius 1 is 1.06 bits per heavy atom. The highest BCUT2D eigenvalue weighted by Crippen LogP contribution is 2.31. The van der Waals surface area contributed by atoms with Crippen LogP contribution in [0.2, 0.25) is 0 Å². The molecule has 0 aromatic carbocycles. The van der Waals surface area contributed by atoms with Crippen LogP contribution in [0.4, 0.5) is 0 Å². The Labute approximate surface area is 105 Å². The van der Waals surface area contributed by atoms with Crippen LogP contribution in [0.15, 0.2) is 0 Å². The van der Waals surface area contributed by atoms with Crippen molar-refractivity contribution in [2.75, 3.05) is 13.1 Å². The van der Waals surface area contributed by atoms with Crippen LogP contribution in [0.1, 0.15) is 40.0 Å². The van der Waals surface area contributed by atoms with Crippen LogP contribution in [0, 0.1) is 23.7 Å². The first-order valence-corrected chi connectivity index (χ1v) is 7.01. The van der Waals surface area contributed by atoms with Gasteiger partial charge in [-0.1, -0.05) is 20.8 Å². The van der Waals surface area contributed by atoms with Crippen LogP contribution in [0.25, 0.3) is 0 Å². The third kappa shape index (κ3) is 2.82. The highest BCUT2D eigenvalue weighted by molar-refractivity contribution is 5.79. The van der Waals surface area contributed by atoms with E-state index in [2.05, 4.69) is 25.7 Å². The molecule has 1 heterocycles. The molecule has 0 aromatic heterocycles. The van der Waals surface area contributed by atoms with E-state index in [9.17, 15) is 4.79 Å². The minimum atomic E-state index is 0.186. The fraction of sp³-hybridized carbons (Fsp3) is 0.929. The average molecular weight is 238 g/mol. The fourth-order valence-corrected chi connectivity index (χ4v) is 3.43. The molecular weight excluding hydrogens is 212 g/mol. The van der Waals surface area contributed by atoms with Gasteiger partial charge in [0.25, 0.3) is 0 Å². The molecule has 1 amide bonds. The van der Waals surface area contributed by atoms with Gasteiger partial charge in [-0.05, 0) is 37.0 Å². The Bertz CT molecular complexity index is 272. The molecule has 2 rings (SSSR count). The molecule has 17 heavy (non-hydrogen) atoms. The zero-order valence-electron chi connectivity index (χ0n) is 11.4. The van der Waals surface area contributed by atoms with Crippen LogP contribution in [-0.4, -0.2) is 29.9 Å². The van der Waals surface area contributed by atoms with E-state index >= 15 is 0 Å². The third-order valence-electron chi connectivity index (χ3n) is 4.63. The Kier molecular flexibility index (Phi) is 3.76. The average Bonchev–Trinajstić information content (AvgIpc) is 2.57. The Balaban J connectivity index is 1.96. The molecule has 0 aromatic rings. The molecule has 1 aliphatic heterocycles. The lowest BCUT2D eigenvalue weighted by Gasteiger charge is -2.32. The van der Waals surface area contributed by atoms with Crippen molar-refractivity contribution >= 4 is 5.91 Å². The molecule has 1 saturated carbocycles. The number of hydrogen-bond acceptors (Lipinski definition) is 2. The Hall–Kier alpha value is -0.570. The van der Waals surface area contributed by atoms with Gasteiger partial charge in [-0.3, -0.25) is 4.79 Å². The van der Waals surface area contributed by atoms with Crippen molar-refractivity contribution in [2.45, 2.75) is 46.1 Å².